The fourth-order valence-corrected chi connectivity index (χ4v) is 2.30. The van der Waals surface area contributed by atoms with Crippen LogP contribution in [0.2, 0.25) is 0 Å². The molecule has 0 saturated heterocycles. The molecule has 26 heavy (non-hydrogen) atoms. The third-order valence-electron chi connectivity index (χ3n) is 3.58. The molecule has 136 valence electrons. The minimum absolute atomic E-state index is 0.0300. The predicted molar refractivity (Wildman–Crippen MR) is 104 cm³/mol. The SMILES string of the molecule is CCC(C)Oc1cccc(C(=O)NC(=S)Nc2ccccc2[N+](=O)[O-])c1. The Balaban J connectivity index is 2.05. The van der Waals surface area contributed by atoms with Gasteiger partial charge >= 0.3 is 0 Å². The summed E-state index contributed by atoms with van der Waals surface area (Å²) in [6.07, 6.45) is 0.884. The molecule has 0 radical (unpaired) electrons. The van der Waals surface area contributed by atoms with E-state index >= 15 is 0 Å². The Hall–Kier alpha value is -3.00. The number of anilines is 1. The lowest BCUT2D eigenvalue weighted by Gasteiger charge is -2.14. The third-order valence-corrected chi connectivity index (χ3v) is 3.79. The number of thiocarbonyl (C=S) groups is 1. The molecule has 7 nitrogen and oxygen atoms in total. The van der Waals surface area contributed by atoms with E-state index in [0.29, 0.717) is 11.3 Å². The molecule has 0 saturated carbocycles. The highest BCUT2D eigenvalue weighted by molar-refractivity contribution is 7.80. The highest BCUT2D eigenvalue weighted by atomic mass is 32.1. The first-order valence-electron chi connectivity index (χ1n) is 8.03. The number of carbonyl (C=O) groups is 1. The highest BCUT2D eigenvalue weighted by Gasteiger charge is 2.15. The van der Waals surface area contributed by atoms with Crippen LogP contribution in [0.1, 0.15) is 30.6 Å². The number of para-hydroxylation sites is 2. The second-order valence-corrected chi connectivity index (χ2v) is 5.96. The van der Waals surface area contributed by atoms with Crippen molar-refractivity contribution in [1.82, 2.24) is 5.32 Å². The fraction of sp³-hybridized carbons (Fsp3) is 0.222. The number of nitro groups is 1. The molecule has 0 fully saturated rings. The number of nitro benzene ring substituents is 1. The molecule has 2 N–H and O–H groups in total. The molecule has 0 aliphatic carbocycles. The molecule has 0 aliphatic heterocycles. The Labute approximate surface area is 156 Å². The van der Waals surface area contributed by atoms with Gasteiger partial charge in [0.05, 0.1) is 11.0 Å². The smallest absolute Gasteiger partial charge is 0.292 e. The van der Waals surface area contributed by atoms with Crippen LogP contribution in [0.5, 0.6) is 5.75 Å². The van der Waals surface area contributed by atoms with Crippen LogP contribution in [0.4, 0.5) is 11.4 Å². The van der Waals surface area contributed by atoms with Gasteiger partial charge in [0.25, 0.3) is 11.6 Å². The Kier molecular flexibility index (Phi) is 6.62. The predicted octanol–water partition coefficient (Wildman–Crippen LogP) is 3.90. The summed E-state index contributed by atoms with van der Waals surface area (Å²) in [5.41, 5.74) is 0.446. The van der Waals surface area contributed by atoms with Crippen LogP contribution in [0.3, 0.4) is 0 Å². The van der Waals surface area contributed by atoms with Gasteiger partial charge in [0.15, 0.2) is 5.11 Å². The third kappa shape index (κ3) is 5.25. The number of nitrogens with zero attached hydrogens (tertiary/aromatic N) is 1. The minimum atomic E-state index is -0.525. The van der Waals surface area contributed by atoms with Gasteiger partial charge in [0.2, 0.25) is 0 Å². The second kappa shape index (κ2) is 8.91. The van der Waals surface area contributed by atoms with Crippen LogP contribution in [-0.4, -0.2) is 22.0 Å². The van der Waals surface area contributed by atoms with Crippen LogP contribution in [0.25, 0.3) is 0 Å². The van der Waals surface area contributed by atoms with Crippen molar-refractivity contribution in [2.45, 2.75) is 26.4 Å². The number of ether oxygens (including phenoxy) is 1. The minimum Gasteiger partial charge on any atom is -0.491 e. The Morgan fingerprint density at radius 2 is 2.00 bits per heavy atom. The summed E-state index contributed by atoms with van der Waals surface area (Å²) in [7, 11) is 0. The van der Waals surface area contributed by atoms with Gasteiger partial charge < -0.3 is 10.1 Å². The molecular weight excluding hydrogens is 354 g/mol. The van der Waals surface area contributed by atoms with Gasteiger partial charge in [-0.3, -0.25) is 20.2 Å². The molecule has 0 heterocycles. The van der Waals surface area contributed by atoms with Crippen molar-refractivity contribution in [3.8, 4) is 5.75 Å². The normalized spacial score (nSPS) is 11.3. The number of rotatable bonds is 6. The maximum Gasteiger partial charge on any atom is 0.292 e. The van der Waals surface area contributed by atoms with Crippen LogP contribution in [0.15, 0.2) is 48.5 Å². The summed E-state index contributed by atoms with van der Waals surface area (Å²) in [6, 6.07) is 12.8. The molecule has 2 rings (SSSR count). The summed E-state index contributed by atoms with van der Waals surface area (Å²) in [5, 5.41) is 16.2. The first kappa shape index (κ1) is 19.3. The van der Waals surface area contributed by atoms with Gasteiger partial charge in [0.1, 0.15) is 11.4 Å². The molecule has 2 aromatic carbocycles. The van der Waals surface area contributed by atoms with E-state index < -0.39 is 10.8 Å². The molecule has 0 bridgehead atoms. The van der Waals surface area contributed by atoms with Crippen molar-refractivity contribution in [2.75, 3.05) is 5.32 Å². The fourth-order valence-electron chi connectivity index (χ4n) is 2.09. The zero-order valence-electron chi connectivity index (χ0n) is 14.4. The van der Waals surface area contributed by atoms with Crippen molar-refractivity contribution < 1.29 is 14.5 Å². The number of hydrogen-bond donors (Lipinski definition) is 2. The Morgan fingerprint density at radius 1 is 1.27 bits per heavy atom. The van der Waals surface area contributed by atoms with E-state index in [1.807, 2.05) is 13.8 Å². The van der Waals surface area contributed by atoms with Crippen molar-refractivity contribution >= 4 is 34.6 Å². The van der Waals surface area contributed by atoms with Gasteiger partial charge in [-0.25, -0.2) is 0 Å². The lowest BCUT2D eigenvalue weighted by Crippen LogP contribution is -2.34. The molecule has 1 atom stereocenters. The van der Waals surface area contributed by atoms with Gasteiger partial charge in [0, 0.05) is 11.6 Å². The maximum atomic E-state index is 12.3. The van der Waals surface area contributed by atoms with E-state index in [2.05, 4.69) is 10.6 Å². The van der Waals surface area contributed by atoms with Crippen molar-refractivity contribution in [3.63, 3.8) is 0 Å². The number of hydrogen-bond acceptors (Lipinski definition) is 5. The van der Waals surface area contributed by atoms with Crippen molar-refractivity contribution in [3.05, 3.63) is 64.2 Å². The standard InChI is InChI=1S/C18H19N3O4S/c1-3-12(2)25-14-8-6-7-13(11-14)17(22)20-18(26)19-15-9-4-5-10-16(15)21(23)24/h4-12H,3H2,1-2H3,(H2,19,20,22,26). The number of benzene rings is 2. The number of amides is 1. The van der Waals surface area contributed by atoms with Gasteiger partial charge in [-0.15, -0.1) is 0 Å². The first-order valence-corrected chi connectivity index (χ1v) is 8.44. The molecule has 0 aromatic heterocycles. The second-order valence-electron chi connectivity index (χ2n) is 5.55. The van der Waals surface area contributed by atoms with Crippen LogP contribution in [-0.2, 0) is 0 Å². The Bertz CT molecular complexity index is 826. The number of nitrogens with one attached hydrogen (secondary N) is 2. The van der Waals surface area contributed by atoms with Crippen LogP contribution >= 0.6 is 12.2 Å². The summed E-state index contributed by atoms with van der Waals surface area (Å²) >= 11 is 5.08. The van der Waals surface area contributed by atoms with E-state index in [1.54, 1.807) is 36.4 Å². The van der Waals surface area contributed by atoms with Gasteiger partial charge in [-0.1, -0.05) is 25.1 Å². The molecule has 2 aromatic rings. The summed E-state index contributed by atoms with van der Waals surface area (Å²) in [4.78, 5) is 22.8. The average Bonchev–Trinajstić information content (AvgIpc) is 2.62. The van der Waals surface area contributed by atoms with Crippen molar-refractivity contribution in [2.24, 2.45) is 0 Å². The molecular formula is C18H19N3O4S. The number of carbonyl (C=O) groups excluding carboxylic acids is 1. The first-order chi connectivity index (χ1) is 12.4. The summed E-state index contributed by atoms with van der Waals surface area (Å²) in [5.74, 6) is 0.153. The van der Waals surface area contributed by atoms with E-state index in [4.69, 9.17) is 17.0 Å². The van der Waals surface area contributed by atoms with Crippen LogP contribution < -0.4 is 15.4 Å². The van der Waals surface area contributed by atoms with Gasteiger partial charge in [-0.2, -0.15) is 0 Å². The molecule has 1 unspecified atom stereocenters. The zero-order chi connectivity index (χ0) is 19.1. The lowest BCUT2D eigenvalue weighted by atomic mass is 10.2. The monoisotopic (exact) mass is 373 g/mol. The summed E-state index contributed by atoms with van der Waals surface area (Å²) < 4.78 is 5.69. The topological polar surface area (TPSA) is 93.5 Å². The molecule has 0 aliphatic rings. The van der Waals surface area contributed by atoms with Crippen LogP contribution in [0, 0.1) is 10.1 Å². The molecule has 0 spiro atoms. The summed E-state index contributed by atoms with van der Waals surface area (Å²) in [6.45, 7) is 3.95. The highest BCUT2D eigenvalue weighted by Crippen LogP contribution is 2.23. The van der Waals surface area contributed by atoms with E-state index in [9.17, 15) is 14.9 Å². The maximum absolute atomic E-state index is 12.3. The largest absolute Gasteiger partial charge is 0.491 e. The van der Waals surface area contributed by atoms with Crippen molar-refractivity contribution in [1.29, 1.82) is 0 Å². The van der Waals surface area contributed by atoms with E-state index in [-0.39, 0.29) is 22.6 Å². The average molecular weight is 373 g/mol. The van der Waals surface area contributed by atoms with E-state index in [1.165, 1.54) is 12.1 Å². The van der Waals surface area contributed by atoms with Gasteiger partial charge in [-0.05, 0) is 49.8 Å². The Morgan fingerprint density at radius 3 is 2.69 bits per heavy atom. The quantitative estimate of drug-likeness (QED) is 0.453. The molecule has 1 amide bonds. The molecule has 8 heteroatoms. The lowest BCUT2D eigenvalue weighted by molar-refractivity contribution is -0.383. The zero-order valence-corrected chi connectivity index (χ0v) is 15.2. The van der Waals surface area contributed by atoms with E-state index in [0.717, 1.165) is 6.42 Å².